The number of benzene rings is 3. The van der Waals surface area contributed by atoms with Crippen molar-refractivity contribution in [3.05, 3.63) is 83.9 Å². The molecule has 3 atom stereocenters. The highest BCUT2D eigenvalue weighted by molar-refractivity contribution is 7.92. The van der Waals surface area contributed by atoms with Gasteiger partial charge in [-0.05, 0) is 72.9 Å². The van der Waals surface area contributed by atoms with Gasteiger partial charge >= 0.3 is 0 Å². The number of allylic oxidation sites excluding steroid dienone is 2. The highest BCUT2D eigenvalue weighted by atomic mass is 32.2. The Kier molecular flexibility index (Phi) is 6.53. The van der Waals surface area contributed by atoms with Crippen molar-refractivity contribution in [1.29, 1.82) is 0 Å². The number of rotatable bonds is 8. The lowest BCUT2D eigenvalue weighted by atomic mass is 9.77. The Hall–Kier alpha value is -3.65. The molecule has 3 aromatic carbocycles. The Labute approximate surface area is 212 Å². The molecule has 2 N–H and O–H groups in total. The van der Waals surface area contributed by atoms with Crippen LogP contribution in [0.4, 0.5) is 11.4 Å². The predicted octanol–water partition coefficient (Wildman–Crippen LogP) is 5.73. The molecule has 0 saturated heterocycles. The zero-order chi connectivity index (χ0) is 25.3. The zero-order valence-corrected chi connectivity index (χ0v) is 21.3. The van der Waals surface area contributed by atoms with Crippen molar-refractivity contribution in [2.45, 2.75) is 30.2 Å². The van der Waals surface area contributed by atoms with E-state index in [9.17, 15) is 8.42 Å². The Morgan fingerprint density at radius 1 is 0.972 bits per heavy atom. The van der Waals surface area contributed by atoms with E-state index in [1.165, 1.54) is 19.8 Å². The summed E-state index contributed by atoms with van der Waals surface area (Å²) < 4.78 is 45.6. The highest BCUT2D eigenvalue weighted by Crippen LogP contribution is 2.50. The molecule has 7 nitrogen and oxygen atoms in total. The normalized spacial score (nSPS) is 20.1. The van der Waals surface area contributed by atoms with Crippen LogP contribution >= 0.6 is 0 Å². The molecule has 188 valence electrons. The van der Waals surface area contributed by atoms with Crippen molar-refractivity contribution in [2.75, 3.05) is 30.9 Å². The molecule has 0 aromatic heterocycles. The van der Waals surface area contributed by atoms with Crippen molar-refractivity contribution in [1.82, 2.24) is 0 Å². The van der Waals surface area contributed by atoms with Gasteiger partial charge in [-0.3, -0.25) is 4.72 Å². The summed E-state index contributed by atoms with van der Waals surface area (Å²) in [5.74, 6) is 2.21. The lowest BCUT2D eigenvalue weighted by Crippen LogP contribution is -2.29. The summed E-state index contributed by atoms with van der Waals surface area (Å²) in [4.78, 5) is 0.200. The molecular formula is C28H30N2O5S. The average molecular weight is 507 g/mol. The molecule has 0 fully saturated rings. The van der Waals surface area contributed by atoms with Crippen molar-refractivity contribution in [2.24, 2.45) is 5.92 Å². The van der Waals surface area contributed by atoms with Crippen LogP contribution in [0.25, 0.3) is 0 Å². The van der Waals surface area contributed by atoms with Crippen LogP contribution in [0.2, 0.25) is 0 Å². The van der Waals surface area contributed by atoms with E-state index in [2.05, 4.69) is 34.3 Å². The number of anilines is 2. The smallest absolute Gasteiger partial charge is 0.262 e. The molecule has 0 saturated carbocycles. The van der Waals surface area contributed by atoms with E-state index >= 15 is 0 Å². The summed E-state index contributed by atoms with van der Waals surface area (Å²) in [6.45, 7) is 2.60. The van der Waals surface area contributed by atoms with Gasteiger partial charge in [-0.2, -0.15) is 0 Å². The molecule has 8 heteroatoms. The van der Waals surface area contributed by atoms with Gasteiger partial charge in [-0.25, -0.2) is 8.42 Å². The first-order valence-electron chi connectivity index (χ1n) is 12.0. The molecule has 0 bridgehead atoms. The van der Waals surface area contributed by atoms with E-state index in [0.29, 0.717) is 29.7 Å². The van der Waals surface area contributed by atoms with Crippen LogP contribution in [0.5, 0.6) is 17.2 Å². The average Bonchev–Trinajstić information content (AvgIpc) is 3.39. The summed E-state index contributed by atoms with van der Waals surface area (Å²) in [7, 11) is -0.832. The Morgan fingerprint density at radius 2 is 1.75 bits per heavy atom. The third-order valence-corrected chi connectivity index (χ3v) is 8.21. The fraction of sp³-hybridized carbons (Fsp3) is 0.286. The quantitative estimate of drug-likeness (QED) is 0.380. The van der Waals surface area contributed by atoms with Crippen LogP contribution < -0.4 is 24.2 Å². The molecule has 0 unspecified atom stereocenters. The number of sulfonamides is 1. The van der Waals surface area contributed by atoms with E-state index in [0.717, 1.165) is 23.4 Å². The lowest BCUT2D eigenvalue weighted by molar-refractivity contribution is 0.340. The van der Waals surface area contributed by atoms with Gasteiger partial charge in [0.1, 0.15) is 17.2 Å². The van der Waals surface area contributed by atoms with Crippen LogP contribution in [0, 0.1) is 5.92 Å². The molecule has 1 heterocycles. The van der Waals surface area contributed by atoms with Crippen LogP contribution in [-0.2, 0) is 10.0 Å². The SMILES string of the molecule is CCOc1ccc([C@H]2Nc3ccc(S(=O)(=O)Nc4cc(OC)ccc4OC)cc3[C@H]3C=CC[C@H]32)cc1. The molecule has 0 spiro atoms. The van der Waals surface area contributed by atoms with Gasteiger partial charge in [-0.15, -0.1) is 0 Å². The van der Waals surface area contributed by atoms with Gasteiger partial charge in [0.2, 0.25) is 0 Å². The Bertz CT molecular complexity index is 1390. The maximum absolute atomic E-state index is 13.4. The third kappa shape index (κ3) is 4.48. The third-order valence-electron chi connectivity index (χ3n) is 6.85. The molecule has 2 aliphatic rings. The van der Waals surface area contributed by atoms with Crippen LogP contribution in [0.1, 0.15) is 36.4 Å². The fourth-order valence-corrected chi connectivity index (χ4v) is 6.20. The molecule has 36 heavy (non-hydrogen) atoms. The van der Waals surface area contributed by atoms with Crippen LogP contribution in [0.15, 0.2) is 77.7 Å². The van der Waals surface area contributed by atoms with Crippen molar-refractivity contribution >= 4 is 21.4 Å². The number of nitrogens with one attached hydrogen (secondary N) is 2. The van der Waals surface area contributed by atoms with Gasteiger partial charge in [-0.1, -0.05) is 24.3 Å². The number of hydrogen-bond donors (Lipinski definition) is 2. The first-order valence-corrected chi connectivity index (χ1v) is 13.5. The van der Waals surface area contributed by atoms with E-state index in [-0.39, 0.29) is 16.9 Å². The topological polar surface area (TPSA) is 85.9 Å². The van der Waals surface area contributed by atoms with E-state index in [1.54, 1.807) is 30.3 Å². The van der Waals surface area contributed by atoms with Crippen molar-refractivity contribution in [3.8, 4) is 17.2 Å². The number of hydrogen-bond acceptors (Lipinski definition) is 6. The summed E-state index contributed by atoms with van der Waals surface area (Å²) in [5.41, 5.74) is 3.43. The van der Waals surface area contributed by atoms with E-state index < -0.39 is 10.0 Å². The second-order valence-corrected chi connectivity index (χ2v) is 10.6. The minimum Gasteiger partial charge on any atom is -0.497 e. The summed E-state index contributed by atoms with van der Waals surface area (Å²) in [5, 5.41) is 3.67. The Balaban J connectivity index is 1.45. The molecule has 5 rings (SSSR count). The first-order chi connectivity index (χ1) is 17.4. The maximum Gasteiger partial charge on any atom is 0.262 e. The molecule has 1 aliphatic carbocycles. The Morgan fingerprint density at radius 3 is 2.47 bits per heavy atom. The second kappa shape index (κ2) is 9.78. The molecule has 0 amide bonds. The summed E-state index contributed by atoms with van der Waals surface area (Å²) in [6, 6.07) is 18.6. The minimum atomic E-state index is -3.86. The van der Waals surface area contributed by atoms with Gasteiger partial charge in [0.25, 0.3) is 10.0 Å². The molecule has 1 aliphatic heterocycles. The number of fused-ring (bicyclic) bond motifs is 3. The van der Waals surface area contributed by atoms with Crippen molar-refractivity contribution in [3.63, 3.8) is 0 Å². The van der Waals surface area contributed by atoms with E-state index in [4.69, 9.17) is 14.2 Å². The summed E-state index contributed by atoms with van der Waals surface area (Å²) >= 11 is 0. The largest absolute Gasteiger partial charge is 0.497 e. The lowest BCUT2D eigenvalue weighted by Gasteiger charge is -2.37. The van der Waals surface area contributed by atoms with Gasteiger partial charge in [0.15, 0.2) is 0 Å². The fourth-order valence-electron chi connectivity index (χ4n) is 5.11. The van der Waals surface area contributed by atoms with E-state index in [1.807, 2.05) is 25.1 Å². The predicted molar refractivity (Wildman–Crippen MR) is 141 cm³/mol. The van der Waals surface area contributed by atoms with Crippen molar-refractivity contribution < 1.29 is 22.6 Å². The molecule has 0 radical (unpaired) electrons. The second-order valence-electron chi connectivity index (χ2n) is 8.90. The molecular weight excluding hydrogens is 476 g/mol. The van der Waals surface area contributed by atoms with Crippen LogP contribution in [-0.4, -0.2) is 29.2 Å². The molecule has 3 aromatic rings. The first kappa shape index (κ1) is 24.1. The van der Waals surface area contributed by atoms with Gasteiger partial charge in [0.05, 0.1) is 37.5 Å². The zero-order valence-electron chi connectivity index (χ0n) is 20.5. The summed E-state index contributed by atoms with van der Waals surface area (Å²) in [6.07, 6.45) is 5.31. The van der Waals surface area contributed by atoms with Crippen LogP contribution in [0.3, 0.4) is 0 Å². The number of ether oxygens (including phenoxy) is 3. The monoisotopic (exact) mass is 506 g/mol. The van der Waals surface area contributed by atoms with Gasteiger partial charge in [0, 0.05) is 17.7 Å². The van der Waals surface area contributed by atoms with Gasteiger partial charge < -0.3 is 19.5 Å². The highest BCUT2D eigenvalue weighted by Gasteiger charge is 2.38. The maximum atomic E-state index is 13.4. The number of methoxy groups -OCH3 is 2. The minimum absolute atomic E-state index is 0.120. The standard InChI is InChI=1S/C28H30N2O5S/c1-4-35-19-10-8-18(9-11-19)28-23-7-5-6-22(23)24-17-21(13-14-25(24)29-28)36(31,32)30-26-16-20(33-2)12-15-27(26)34-3/h5-6,8-17,22-23,28-30H,4,7H2,1-3H3/t22-,23+,28+/m0/s1.